The molecular weight excluding hydrogens is 1560 g/mol. The molecule has 116 heavy (non-hydrogen) atoms. The Morgan fingerprint density at radius 1 is 0.276 bits per heavy atom. The highest BCUT2D eigenvalue weighted by molar-refractivity contribution is 9.08. The van der Waals surface area contributed by atoms with Gasteiger partial charge in [0, 0.05) is 95.6 Å². The van der Waals surface area contributed by atoms with Crippen molar-refractivity contribution in [2.75, 3.05) is 19.8 Å². The number of ether oxygens (including phenoxy) is 3. The van der Waals surface area contributed by atoms with Gasteiger partial charge in [-0.3, -0.25) is 19.9 Å². The van der Waals surface area contributed by atoms with Gasteiger partial charge in [0.2, 0.25) is 0 Å². The number of unbranched alkanes of at least 4 members (excludes halogenated alkanes) is 33. The van der Waals surface area contributed by atoms with Crippen molar-refractivity contribution in [3.63, 3.8) is 0 Å². The van der Waals surface area contributed by atoms with Crippen LogP contribution in [0, 0.1) is 27.7 Å². The van der Waals surface area contributed by atoms with E-state index in [1.54, 1.807) is 30.9 Å². The van der Waals surface area contributed by atoms with Crippen LogP contribution in [0.2, 0.25) is 0 Å². The van der Waals surface area contributed by atoms with Crippen molar-refractivity contribution >= 4 is 31.9 Å². The van der Waals surface area contributed by atoms with Gasteiger partial charge in [-0.1, -0.05) is 307 Å². The molecule has 10 rings (SSSR count). The molecule has 10 aromatic rings. The Labute approximate surface area is 719 Å². The molecule has 0 aliphatic heterocycles. The third-order valence-corrected chi connectivity index (χ3v) is 22.5. The van der Waals surface area contributed by atoms with E-state index in [4.69, 9.17) is 19.3 Å². The molecule has 0 bridgehead atoms. The molecule has 0 unspecified atom stereocenters. The normalized spacial score (nSPS) is 10.8. The van der Waals surface area contributed by atoms with Crippen LogP contribution >= 0.6 is 31.9 Å². The van der Waals surface area contributed by atoms with Gasteiger partial charge in [0.25, 0.3) is 0 Å². The predicted octanol–water partition coefficient (Wildman–Crippen LogP) is 29.7. The number of rotatable bonds is 51. The monoisotopic (exact) mass is 1700 g/mol. The van der Waals surface area contributed by atoms with Crippen LogP contribution in [0.4, 0.5) is 0 Å². The van der Waals surface area contributed by atoms with Crippen molar-refractivity contribution in [1.29, 1.82) is 0 Å². The third-order valence-electron chi connectivity index (χ3n) is 21.3. The molecule has 0 radical (unpaired) electrons. The van der Waals surface area contributed by atoms with E-state index in [1.807, 2.05) is 99.3 Å². The number of benzene rings is 4. The standard InChI is InChI=1S/C42H52N4O.C22H36Br2O.C22H38O.C10H8N2.C8H10O/c1-2-3-4-5-6-7-8-9-10-11-12-13-32-47-42-33-36(34-45-28-20-39(21-29-45)37-16-24-43-25-17-37)14-15-41(42)35-46-30-22-40(23-31-46)38-18-26-44-27-19-38;1-2-3-4-5-6-7-8-9-10-11-12-13-16-25-22-17-20(18-23)14-15-21(22)19-24;1-4-5-6-7-8-9-10-11-12-13-14-15-18-23-22-19-20(2)16-17-21(22)3;1-5-11-6-2-9(1)10-3-7-12-8-4-10;1-6-3-4-7(2)8(9)5-6/h14-31,33H,2-13,32,34-35H2,1H3;14-15,17H,2-13,16,18-19H2,1H3;16-17,19H,4-15,18H2,1-3H3;1-8H;3-5,9H,1-2H3/q+2;;;;. The molecule has 0 atom stereocenters. The van der Waals surface area contributed by atoms with E-state index >= 15 is 0 Å². The molecule has 0 fully saturated rings. The van der Waals surface area contributed by atoms with Gasteiger partial charge in [0.15, 0.2) is 37.9 Å². The zero-order valence-electron chi connectivity index (χ0n) is 72.3. The highest BCUT2D eigenvalue weighted by Gasteiger charge is 2.15. The average Bonchev–Trinajstić information content (AvgIpc) is 0.828. The highest BCUT2D eigenvalue weighted by atomic mass is 79.9. The molecule has 0 aliphatic carbocycles. The van der Waals surface area contributed by atoms with Crippen LogP contribution in [-0.2, 0) is 23.7 Å². The zero-order valence-corrected chi connectivity index (χ0v) is 75.5. The molecule has 12 heteroatoms. The summed E-state index contributed by atoms with van der Waals surface area (Å²) >= 11 is 7.06. The Kier molecular flexibility index (Phi) is 52.6. The van der Waals surface area contributed by atoms with E-state index < -0.39 is 0 Å². The Bertz CT molecular complexity index is 4020. The van der Waals surface area contributed by atoms with Gasteiger partial charge >= 0.3 is 0 Å². The Morgan fingerprint density at radius 2 is 0.569 bits per heavy atom. The summed E-state index contributed by atoms with van der Waals surface area (Å²) in [6.45, 7) is 19.0. The first-order chi connectivity index (χ1) is 57.0. The van der Waals surface area contributed by atoms with Crippen LogP contribution in [-0.4, -0.2) is 44.9 Å². The number of phenolic OH excluding ortho intramolecular Hbond substituents is 1. The van der Waals surface area contributed by atoms with E-state index in [0.29, 0.717) is 5.75 Å². The summed E-state index contributed by atoms with van der Waals surface area (Å²) in [5, 5.41) is 10.8. The van der Waals surface area contributed by atoms with Gasteiger partial charge in [-0.05, 0) is 187 Å². The number of halogens is 2. The minimum Gasteiger partial charge on any atom is -0.508 e. The average molecular weight is 1700 g/mol. The maximum Gasteiger partial charge on any atom is 0.177 e. The van der Waals surface area contributed by atoms with E-state index in [1.165, 1.54) is 285 Å². The fraction of sp³-hybridized carbons (Fsp3) is 0.481. The lowest BCUT2D eigenvalue weighted by Crippen LogP contribution is -2.34. The molecule has 0 amide bonds. The topological polar surface area (TPSA) is 107 Å². The summed E-state index contributed by atoms with van der Waals surface area (Å²) < 4.78 is 22.9. The van der Waals surface area contributed by atoms with Gasteiger partial charge in [0.1, 0.15) is 23.0 Å². The van der Waals surface area contributed by atoms with E-state index in [0.717, 1.165) is 84.8 Å². The summed E-state index contributed by atoms with van der Waals surface area (Å²) in [5.74, 6) is 3.48. The maximum atomic E-state index is 9.10. The van der Waals surface area contributed by atoms with Crippen molar-refractivity contribution in [3.05, 3.63) is 264 Å². The van der Waals surface area contributed by atoms with E-state index in [2.05, 4.69) is 199 Å². The van der Waals surface area contributed by atoms with Crippen LogP contribution in [0.15, 0.2) is 220 Å². The Balaban J connectivity index is 0.000000254. The van der Waals surface area contributed by atoms with Crippen molar-refractivity contribution in [3.8, 4) is 56.4 Å². The second-order valence-corrected chi connectivity index (χ2v) is 32.5. The number of hydrogen-bond acceptors (Lipinski definition) is 8. The quantitative estimate of drug-likeness (QED) is 0.0228. The summed E-state index contributed by atoms with van der Waals surface area (Å²) in [5.41, 5.74) is 16.6. The third kappa shape index (κ3) is 42.9. The lowest BCUT2D eigenvalue weighted by molar-refractivity contribution is -0.688. The number of aromatic nitrogens is 6. The molecule has 0 aliphatic rings. The summed E-state index contributed by atoms with van der Waals surface area (Å²) in [7, 11) is 0. The summed E-state index contributed by atoms with van der Waals surface area (Å²) in [6, 6.07) is 50.1. The molecule has 0 spiro atoms. The van der Waals surface area contributed by atoms with E-state index in [-0.39, 0.29) is 0 Å². The SMILES string of the molecule is CCCCCCCCCCCCCCOc1cc(C)ccc1C.CCCCCCCCCCCCCCOc1cc(CBr)ccc1CBr.CCCCCCCCCCCCCCOc1cc(C[n+]2ccc(-c3ccncc3)cc2)ccc1C[n+]1ccc(-c2ccncc2)cc1.Cc1ccc(C)c(O)c1.c1cc(-c2ccncc2)ccn1. The lowest BCUT2D eigenvalue weighted by Gasteiger charge is -2.12. The number of aromatic hydroxyl groups is 1. The predicted molar refractivity (Wildman–Crippen MR) is 497 cm³/mol. The van der Waals surface area contributed by atoms with Crippen molar-refractivity contribution in [2.24, 2.45) is 0 Å². The number of pyridine rings is 6. The Morgan fingerprint density at radius 3 is 0.914 bits per heavy atom. The molecule has 0 saturated carbocycles. The molecule has 6 aromatic heterocycles. The second-order valence-electron chi connectivity index (χ2n) is 31.4. The number of hydrogen-bond donors (Lipinski definition) is 1. The minimum atomic E-state index is 0.384. The van der Waals surface area contributed by atoms with Crippen LogP contribution in [0.5, 0.6) is 23.0 Å². The second kappa shape index (κ2) is 63.1. The number of phenols is 1. The Hall–Kier alpha value is -8.06. The first-order valence-corrected chi connectivity index (χ1v) is 46.9. The highest BCUT2D eigenvalue weighted by Crippen LogP contribution is 2.28. The van der Waals surface area contributed by atoms with Crippen molar-refractivity contribution < 1.29 is 28.5 Å². The number of aryl methyl sites for hydroxylation is 4. The molecule has 6 heterocycles. The molecule has 10 nitrogen and oxygen atoms in total. The van der Waals surface area contributed by atoms with Gasteiger partial charge in [-0.25, -0.2) is 9.13 Å². The fourth-order valence-corrected chi connectivity index (χ4v) is 14.8. The maximum absolute atomic E-state index is 9.10. The largest absolute Gasteiger partial charge is 0.508 e. The molecule has 0 saturated heterocycles. The van der Waals surface area contributed by atoms with Gasteiger partial charge in [-0.2, -0.15) is 0 Å². The van der Waals surface area contributed by atoms with Crippen molar-refractivity contribution in [1.82, 2.24) is 19.9 Å². The van der Waals surface area contributed by atoms with Gasteiger partial charge < -0.3 is 19.3 Å². The van der Waals surface area contributed by atoms with Crippen LogP contribution < -0.4 is 23.3 Å². The molecule has 4 aromatic carbocycles. The number of nitrogens with zero attached hydrogens (tertiary/aromatic N) is 6. The zero-order chi connectivity index (χ0) is 82.4. The van der Waals surface area contributed by atoms with E-state index in [9.17, 15) is 0 Å². The first-order valence-electron chi connectivity index (χ1n) is 44.7. The van der Waals surface area contributed by atoms with Crippen LogP contribution in [0.3, 0.4) is 0 Å². The summed E-state index contributed by atoms with van der Waals surface area (Å²) in [6.07, 6.45) is 72.5. The molecular formula is C104H144Br2N6O4+2. The molecule has 626 valence electrons. The van der Waals surface area contributed by atoms with Gasteiger partial charge in [0.05, 0.1) is 25.4 Å². The van der Waals surface area contributed by atoms with Crippen LogP contribution in [0.25, 0.3) is 33.4 Å². The fourth-order valence-electron chi connectivity index (χ4n) is 13.9. The smallest absolute Gasteiger partial charge is 0.177 e. The van der Waals surface area contributed by atoms with Gasteiger partial charge in [-0.15, -0.1) is 0 Å². The van der Waals surface area contributed by atoms with Crippen molar-refractivity contribution in [2.45, 2.75) is 303 Å². The lowest BCUT2D eigenvalue weighted by atomic mass is 10.1. The number of alkyl halides is 2. The molecule has 1 N–H and O–H groups in total. The summed E-state index contributed by atoms with van der Waals surface area (Å²) in [4.78, 5) is 16.2. The minimum absolute atomic E-state index is 0.384. The first kappa shape index (κ1) is 96.8. The van der Waals surface area contributed by atoms with Crippen LogP contribution in [0.1, 0.15) is 296 Å².